The van der Waals surface area contributed by atoms with Crippen LogP contribution in [0.2, 0.25) is 0 Å². The van der Waals surface area contributed by atoms with Crippen LogP contribution in [0.1, 0.15) is 5.56 Å². The number of hydrogen-bond donors (Lipinski definition) is 1. The topological polar surface area (TPSA) is 84.4 Å². The molecule has 0 aliphatic heterocycles. The summed E-state index contributed by atoms with van der Waals surface area (Å²) in [5.74, 6) is 9.03. The molecule has 27 heavy (non-hydrogen) atoms. The van der Waals surface area contributed by atoms with Crippen molar-refractivity contribution in [3.8, 4) is 28.6 Å². The maximum absolute atomic E-state index is 6.23. The quantitative estimate of drug-likeness (QED) is 0.433. The Kier molecular flexibility index (Phi) is 6.12. The molecule has 2 aromatic carbocycles. The molecule has 0 amide bonds. The van der Waals surface area contributed by atoms with Crippen LogP contribution in [-0.2, 0) is 5.75 Å². The molecule has 1 aromatic heterocycles. The van der Waals surface area contributed by atoms with E-state index in [-0.39, 0.29) is 0 Å². The summed E-state index contributed by atoms with van der Waals surface area (Å²) in [6.07, 6.45) is 0. The van der Waals surface area contributed by atoms with E-state index in [1.54, 1.807) is 33.5 Å². The van der Waals surface area contributed by atoms with Gasteiger partial charge in [-0.2, -0.15) is 0 Å². The zero-order chi connectivity index (χ0) is 19.4. The molecule has 0 unspecified atom stereocenters. The van der Waals surface area contributed by atoms with Crippen LogP contribution >= 0.6 is 27.7 Å². The zero-order valence-electron chi connectivity index (χ0n) is 15.1. The van der Waals surface area contributed by atoms with E-state index in [2.05, 4.69) is 38.3 Å². The smallest absolute Gasteiger partial charge is 0.210 e. The lowest BCUT2D eigenvalue weighted by Crippen LogP contribution is -2.11. The molecule has 0 aliphatic carbocycles. The van der Waals surface area contributed by atoms with Crippen LogP contribution in [-0.4, -0.2) is 36.2 Å². The van der Waals surface area contributed by atoms with Crippen molar-refractivity contribution < 1.29 is 14.2 Å². The van der Waals surface area contributed by atoms with Gasteiger partial charge in [-0.15, -0.1) is 10.2 Å². The lowest BCUT2D eigenvalue weighted by molar-refractivity contribution is 0.324. The van der Waals surface area contributed by atoms with Gasteiger partial charge >= 0.3 is 0 Å². The summed E-state index contributed by atoms with van der Waals surface area (Å²) in [6, 6.07) is 11.7. The molecule has 7 nitrogen and oxygen atoms in total. The van der Waals surface area contributed by atoms with E-state index in [1.165, 1.54) is 22.0 Å². The highest BCUT2D eigenvalue weighted by Gasteiger charge is 2.18. The van der Waals surface area contributed by atoms with Gasteiger partial charge in [-0.25, -0.2) is 4.68 Å². The molecule has 3 aromatic rings. The molecule has 0 saturated heterocycles. The van der Waals surface area contributed by atoms with Gasteiger partial charge in [0, 0.05) is 15.8 Å². The first-order chi connectivity index (χ1) is 13.1. The Morgan fingerprint density at radius 2 is 1.63 bits per heavy atom. The maximum atomic E-state index is 6.23. The van der Waals surface area contributed by atoms with Gasteiger partial charge in [0.15, 0.2) is 17.3 Å². The summed E-state index contributed by atoms with van der Waals surface area (Å²) in [6.45, 7) is 0. The molecule has 3 rings (SSSR count). The summed E-state index contributed by atoms with van der Waals surface area (Å²) < 4.78 is 18.6. The van der Waals surface area contributed by atoms with Crippen molar-refractivity contribution in [1.29, 1.82) is 0 Å². The fourth-order valence-corrected chi connectivity index (χ4v) is 3.59. The lowest BCUT2D eigenvalue weighted by Gasteiger charge is -2.13. The molecule has 0 atom stereocenters. The SMILES string of the molecule is COc1cc(-c2nnc(SCc3ccc(Br)cc3)n2N)cc(OC)c1OC. The molecular formula is C18H19BrN4O3S. The summed E-state index contributed by atoms with van der Waals surface area (Å²) in [5.41, 5.74) is 1.88. The predicted octanol–water partition coefficient (Wildman–Crippen LogP) is 3.74. The van der Waals surface area contributed by atoms with E-state index >= 15 is 0 Å². The molecular weight excluding hydrogens is 432 g/mol. The molecule has 0 fully saturated rings. The second-order valence-electron chi connectivity index (χ2n) is 5.51. The van der Waals surface area contributed by atoms with Crippen molar-refractivity contribution in [1.82, 2.24) is 14.9 Å². The average Bonchev–Trinajstić information content (AvgIpc) is 3.06. The predicted molar refractivity (Wildman–Crippen MR) is 109 cm³/mol. The van der Waals surface area contributed by atoms with Crippen molar-refractivity contribution >= 4 is 27.7 Å². The molecule has 2 N–H and O–H groups in total. The highest BCUT2D eigenvalue weighted by Crippen LogP contribution is 2.41. The third kappa shape index (κ3) is 4.14. The van der Waals surface area contributed by atoms with Gasteiger partial charge in [-0.05, 0) is 29.8 Å². The summed E-state index contributed by atoms with van der Waals surface area (Å²) in [5, 5.41) is 9.05. The highest BCUT2D eigenvalue weighted by molar-refractivity contribution is 9.10. The molecule has 0 aliphatic rings. The fraction of sp³-hybridized carbons (Fsp3) is 0.222. The zero-order valence-corrected chi connectivity index (χ0v) is 17.5. The number of hydrogen-bond acceptors (Lipinski definition) is 7. The second-order valence-corrected chi connectivity index (χ2v) is 7.36. The van der Waals surface area contributed by atoms with E-state index < -0.39 is 0 Å². The van der Waals surface area contributed by atoms with Gasteiger partial charge in [0.25, 0.3) is 0 Å². The van der Waals surface area contributed by atoms with Crippen LogP contribution in [0, 0.1) is 0 Å². The minimum absolute atomic E-state index is 0.507. The molecule has 0 bridgehead atoms. The largest absolute Gasteiger partial charge is 0.493 e. The average molecular weight is 451 g/mol. The minimum Gasteiger partial charge on any atom is -0.493 e. The van der Waals surface area contributed by atoms with Crippen molar-refractivity contribution in [2.24, 2.45) is 0 Å². The third-order valence-electron chi connectivity index (χ3n) is 3.87. The Morgan fingerprint density at radius 1 is 1.00 bits per heavy atom. The van der Waals surface area contributed by atoms with Gasteiger partial charge in [0.2, 0.25) is 10.9 Å². The number of benzene rings is 2. The van der Waals surface area contributed by atoms with Gasteiger partial charge in [-0.1, -0.05) is 39.8 Å². The number of halogens is 1. The Morgan fingerprint density at radius 3 is 2.19 bits per heavy atom. The lowest BCUT2D eigenvalue weighted by atomic mass is 10.1. The van der Waals surface area contributed by atoms with Crippen LogP contribution in [0.3, 0.4) is 0 Å². The number of nitrogen functional groups attached to an aromatic ring is 1. The minimum atomic E-state index is 0.507. The number of aromatic nitrogens is 3. The third-order valence-corrected chi connectivity index (χ3v) is 5.41. The first-order valence-corrected chi connectivity index (χ1v) is 9.73. The van der Waals surface area contributed by atoms with E-state index in [9.17, 15) is 0 Å². The Balaban J connectivity index is 1.87. The summed E-state index contributed by atoms with van der Waals surface area (Å²) in [4.78, 5) is 0. The summed E-state index contributed by atoms with van der Waals surface area (Å²) >= 11 is 4.94. The van der Waals surface area contributed by atoms with Crippen LogP contribution in [0.15, 0.2) is 46.0 Å². The van der Waals surface area contributed by atoms with Gasteiger partial charge < -0.3 is 20.1 Å². The number of nitrogens with zero attached hydrogens (tertiary/aromatic N) is 3. The van der Waals surface area contributed by atoms with Crippen molar-refractivity contribution in [2.45, 2.75) is 10.9 Å². The number of rotatable bonds is 7. The van der Waals surface area contributed by atoms with Crippen LogP contribution < -0.4 is 20.1 Å². The van der Waals surface area contributed by atoms with Crippen molar-refractivity contribution in [3.63, 3.8) is 0 Å². The van der Waals surface area contributed by atoms with Gasteiger partial charge in [-0.3, -0.25) is 0 Å². The van der Waals surface area contributed by atoms with E-state index in [0.29, 0.717) is 28.2 Å². The fourth-order valence-electron chi connectivity index (χ4n) is 2.51. The Hall–Kier alpha value is -2.39. The first-order valence-electron chi connectivity index (χ1n) is 7.95. The number of nitrogens with two attached hydrogens (primary N) is 1. The number of thioether (sulfide) groups is 1. The van der Waals surface area contributed by atoms with Gasteiger partial charge in [0.05, 0.1) is 21.3 Å². The molecule has 9 heteroatoms. The van der Waals surface area contributed by atoms with Crippen LogP contribution in [0.5, 0.6) is 17.2 Å². The molecule has 142 valence electrons. The standard InChI is InChI=1S/C18H19BrN4O3S/c1-24-14-8-12(9-15(25-2)16(14)26-3)17-21-22-18(23(17)20)27-10-11-4-6-13(19)7-5-11/h4-9H,10,20H2,1-3H3. The van der Waals surface area contributed by atoms with Crippen molar-refractivity contribution in [3.05, 3.63) is 46.4 Å². The number of ether oxygens (including phenoxy) is 3. The summed E-state index contributed by atoms with van der Waals surface area (Å²) in [7, 11) is 4.68. The molecule has 0 spiro atoms. The molecule has 1 heterocycles. The van der Waals surface area contributed by atoms with Crippen molar-refractivity contribution in [2.75, 3.05) is 27.2 Å². The van der Waals surface area contributed by atoms with Gasteiger partial charge in [0.1, 0.15) is 0 Å². The monoisotopic (exact) mass is 450 g/mol. The highest BCUT2D eigenvalue weighted by atomic mass is 79.9. The number of methoxy groups -OCH3 is 3. The van der Waals surface area contributed by atoms with E-state index in [1.807, 2.05) is 12.1 Å². The maximum Gasteiger partial charge on any atom is 0.210 e. The van der Waals surface area contributed by atoms with E-state index in [4.69, 9.17) is 20.1 Å². The van der Waals surface area contributed by atoms with E-state index in [0.717, 1.165) is 15.8 Å². The first kappa shape index (κ1) is 19.4. The molecule has 0 radical (unpaired) electrons. The van der Waals surface area contributed by atoms with Crippen LogP contribution in [0.4, 0.5) is 0 Å². The Bertz CT molecular complexity index is 906. The molecule has 0 saturated carbocycles. The Labute approximate surface area is 169 Å². The normalized spacial score (nSPS) is 10.7. The van der Waals surface area contributed by atoms with Crippen LogP contribution in [0.25, 0.3) is 11.4 Å². The second kappa shape index (κ2) is 8.53.